The van der Waals surface area contributed by atoms with Gasteiger partial charge in [-0.15, -0.1) is 0 Å². The number of aliphatic hydroxyl groups is 1. The molecule has 3 heteroatoms. The number of aliphatic hydroxyl groups excluding tert-OH is 1. The van der Waals surface area contributed by atoms with Crippen LogP contribution in [0, 0.1) is 0 Å². The van der Waals surface area contributed by atoms with Gasteiger partial charge in [-0.1, -0.05) is 13.3 Å². The largest absolute Gasteiger partial charge is 0.392 e. The fourth-order valence-corrected chi connectivity index (χ4v) is 1.93. The van der Waals surface area contributed by atoms with E-state index in [0.717, 1.165) is 25.9 Å². The van der Waals surface area contributed by atoms with Gasteiger partial charge in [-0.25, -0.2) is 0 Å². The van der Waals surface area contributed by atoms with E-state index in [0.29, 0.717) is 18.7 Å². The van der Waals surface area contributed by atoms with E-state index in [4.69, 9.17) is 9.84 Å². The maximum atomic E-state index is 9.16. The Hall–Kier alpha value is -0.120. The van der Waals surface area contributed by atoms with Crippen LogP contribution in [-0.4, -0.2) is 36.5 Å². The number of hydrogen-bond acceptors (Lipinski definition) is 3. The molecular weight excluding hydrogens is 178 g/mol. The van der Waals surface area contributed by atoms with Gasteiger partial charge in [-0.2, -0.15) is 0 Å². The van der Waals surface area contributed by atoms with Gasteiger partial charge in [0.1, 0.15) is 0 Å². The summed E-state index contributed by atoms with van der Waals surface area (Å²) in [6.07, 6.45) is 4.71. The quantitative estimate of drug-likeness (QED) is 0.704. The van der Waals surface area contributed by atoms with Crippen molar-refractivity contribution in [2.24, 2.45) is 0 Å². The first-order chi connectivity index (χ1) is 6.72. The summed E-state index contributed by atoms with van der Waals surface area (Å²) < 4.78 is 5.65. The minimum Gasteiger partial charge on any atom is -0.392 e. The predicted molar refractivity (Wildman–Crippen MR) is 57.4 cm³/mol. The smallest absolute Gasteiger partial charge is 0.0636 e. The van der Waals surface area contributed by atoms with E-state index in [1.807, 2.05) is 6.92 Å². The molecule has 3 atom stereocenters. The van der Waals surface area contributed by atoms with Crippen LogP contribution in [0.15, 0.2) is 0 Å². The molecule has 0 spiro atoms. The summed E-state index contributed by atoms with van der Waals surface area (Å²) in [7, 11) is 0. The summed E-state index contributed by atoms with van der Waals surface area (Å²) in [5, 5.41) is 12.5. The fraction of sp³-hybridized carbons (Fsp3) is 1.00. The Balaban J connectivity index is 2.18. The van der Waals surface area contributed by atoms with Crippen LogP contribution in [0.1, 0.15) is 39.5 Å². The van der Waals surface area contributed by atoms with E-state index in [-0.39, 0.29) is 6.10 Å². The van der Waals surface area contributed by atoms with Gasteiger partial charge in [-0.3, -0.25) is 0 Å². The van der Waals surface area contributed by atoms with Crippen molar-refractivity contribution in [3.05, 3.63) is 0 Å². The average molecular weight is 201 g/mol. The van der Waals surface area contributed by atoms with Crippen LogP contribution < -0.4 is 5.32 Å². The molecule has 1 rings (SSSR count). The fourth-order valence-electron chi connectivity index (χ4n) is 1.93. The van der Waals surface area contributed by atoms with Gasteiger partial charge in [-0.05, 0) is 26.2 Å². The molecule has 0 aromatic carbocycles. The molecule has 0 aromatic heterocycles. The molecule has 0 amide bonds. The number of ether oxygens (including phenoxy) is 1. The molecule has 0 radical (unpaired) electrons. The lowest BCUT2D eigenvalue weighted by molar-refractivity contribution is -0.00474. The number of nitrogens with one attached hydrogen (secondary N) is 1. The second-order valence-corrected chi connectivity index (χ2v) is 4.26. The lowest BCUT2D eigenvalue weighted by atomic mass is 10.00. The van der Waals surface area contributed by atoms with Gasteiger partial charge in [0, 0.05) is 19.2 Å². The van der Waals surface area contributed by atoms with Crippen molar-refractivity contribution in [2.45, 2.75) is 57.8 Å². The topological polar surface area (TPSA) is 41.5 Å². The standard InChI is InChI=1S/C11H23NO2/c1-3-4-11-7-10(5-6-14-11)12-8-9(2)13/h9-13H,3-8H2,1-2H3/t9-,10?,11?/m1/s1. The maximum absolute atomic E-state index is 9.16. The first-order valence-electron chi connectivity index (χ1n) is 5.75. The van der Waals surface area contributed by atoms with Crippen LogP contribution in [0.2, 0.25) is 0 Å². The summed E-state index contributed by atoms with van der Waals surface area (Å²) in [5.74, 6) is 0. The Morgan fingerprint density at radius 1 is 1.57 bits per heavy atom. The zero-order valence-corrected chi connectivity index (χ0v) is 9.33. The first-order valence-corrected chi connectivity index (χ1v) is 5.75. The van der Waals surface area contributed by atoms with Gasteiger partial charge in [0.05, 0.1) is 12.2 Å². The lowest BCUT2D eigenvalue weighted by Crippen LogP contribution is -2.41. The van der Waals surface area contributed by atoms with Gasteiger partial charge < -0.3 is 15.2 Å². The molecular formula is C11H23NO2. The molecule has 2 unspecified atom stereocenters. The molecule has 84 valence electrons. The van der Waals surface area contributed by atoms with Crippen LogP contribution in [0.5, 0.6) is 0 Å². The molecule has 1 heterocycles. The molecule has 3 nitrogen and oxygen atoms in total. The first kappa shape index (κ1) is 12.0. The SMILES string of the molecule is CCCC1CC(NC[C@@H](C)O)CCO1. The van der Waals surface area contributed by atoms with E-state index < -0.39 is 0 Å². The molecule has 1 aliphatic rings. The highest BCUT2D eigenvalue weighted by molar-refractivity contribution is 4.77. The van der Waals surface area contributed by atoms with Crippen molar-refractivity contribution in [3.8, 4) is 0 Å². The molecule has 0 aliphatic carbocycles. The van der Waals surface area contributed by atoms with E-state index in [9.17, 15) is 0 Å². The third-order valence-electron chi connectivity index (χ3n) is 2.68. The van der Waals surface area contributed by atoms with Crippen molar-refractivity contribution >= 4 is 0 Å². The van der Waals surface area contributed by atoms with Gasteiger partial charge in [0.25, 0.3) is 0 Å². The minimum absolute atomic E-state index is 0.248. The lowest BCUT2D eigenvalue weighted by Gasteiger charge is -2.30. The average Bonchev–Trinajstić information content (AvgIpc) is 2.16. The Labute approximate surface area is 86.8 Å². The summed E-state index contributed by atoms with van der Waals surface area (Å²) in [4.78, 5) is 0. The Morgan fingerprint density at radius 2 is 2.36 bits per heavy atom. The van der Waals surface area contributed by atoms with Gasteiger partial charge in [0.15, 0.2) is 0 Å². The van der Waals surface area contributed by atoms with Crippen molar-refractivity contribution in [1.82, 2.24) is 5.32 Å². The van der Waals surface area contributed by atoms with Crippen LogP contribution in [0.25, 0.3) is 0 Å². The van der Waals surface area contributed by atoms with Crippen molar-refractivity contribution < 1.29 is 9.84 Å². The Morgan fingerprint density at radius 3 is 3.00 bits per heavy atom. The second-order valence-electron chi connectivity index (χ2n) is 4.26. The molecule has 0 bridgehead atoms. The summed E-state index contributed by atoms with van der Waals surface area (Å²) in [5.41, 5.74) is 0. The summed E-state index contributed by atoms with van der Waals surface area (Å²) >= 11 is 0. The number of hydrogen-bond donors (Lipinski definition) is 2. The van der Waals surface area contributed by atoms with Gasteiger partial charge in [0.2, 0.25) is 0 Å². The van der Waals surface area contributed by atoms with E-state index in [1.165, 1.54) is 6.42 Å². The Kier molecular flexibility index (Phi) is 5.45. The van der Waals surface area contributed by atoms with Crippen molar-refractivity contribution in [2.75, 3.05) is 13.2 Å². The van der Waals surface area contributed by atoms with Gasteiger partial charge >= 0.3 is 0 Å². The third-order valence-corrected chi connectivity index (χ3v) is 2.68. The molecule has 14 heavy (non-hydrogen) atoms. The van der Waals surface area contributed by atoms with Crippen LogP contribution in [-0.2, 0) is 4.74 Å². The zero-order chi connectivity index (χ0) is 10.4. The molecule has 1 aliphatic heterocycles. The van der Waals surface area contributed by atoms with Crippen molar-refractivity contribution in [3.63, 3.8) is 0 Å². The van der Waals surface area contributed by atoms with E-state index >= 15 is 0 Å². The summed E-state index contributed by atoms with van der Waals surface area (Å²) in [6, 6.07) is 0.537. The zero-order valence-electron chi connectivity index (χ0n) is 9.33. The Bertz CT molecular complexity index is 148. The third kappa shape index (κ3) is 4.40. The van der Waals surface area contributed by atoms with E-state index in [1.54, 1.807) is 0 Å². The maximum Gasteiger partial charge on any atom is 0.0636 e. The predicted octanol–water partition coefficient (Wildman–Crippen LogP) is 1.30. The summed E-state index contributed by atoms with van der Waals surface area (Å²) in [6.45, 7) is 5.57. The number of rotatable bonds is 5. The minimum atomic E-state index is -0.248. The normalized spacial score (nSPS) is 30.2. The molecule has 2 N–H and O–H groups in total. The monoisotopic (exact) mass is 201 g/mol. The molecule has 0 aromatic rings. The second kappa shape index (κ2) is 6.38. The highest BCUT2D eigenvalue weighted by Crippen LogP contribution is 2.17. The van der Waals surface area contributed by atoms with E-state index in [2.05, 4.69) is 12.2 Å². The highest BCUT2D eigenvalue weighted by atomic mass is 16.5. The molecule has 1 saturated heterocycles. The molecule has 1 fully saturated rings. The molecule has 0 saturated carbocycles. The van der Waals surface area contributed by atoms with Crippen molar-refractivity contribution in [1.29, 1.82) is 0 Å². The van der Waals surface area contributed by atoms with Crippen LogP contribution >= 0.6 is 0 Å². The van der Waals surface area contributed by atoms with Crippen LogP contribution in [0.4, 0.5) is 0 Å². The van der Waals surface area contributed by atoms with Crippen LogP contribution in [0.3, 0.4) is 0 Å². The highest BCUT2D eigenvalue weighted by Gasteiger charge is 2.21.